The Kier molecular flexibility index (Phi) is 8.40. The lowest BCUT2D eigenvalue weighted by molar-refractivity contribution is -0.143. The minimum atomic E-state index is -0.221. The van der Waals surface area contributed by atoms with E-state index >= 15 is 0 Å². The number of esters is 1. The zero-order chi connectivity index (χ0) is 13.3. The largest absolute Gasteiger partial charge is 0.466 e. The predicted molar refractivity (Wildman–Crippen MR) is 66.3 cm³/mol. The van der Waals surface area contributed by atoms with Crippen molar-refractivity contribution in [3.63, 3.8) is 0 Å². The van der Waals surface area contributed by atoms with Gasteiger partial charge in [-0.15, -0.1) is 0 Å². The topological polar surface area (TPSA) is 81.4 Å². The Hall–Kier alpha value is -1.10. The van der Waals surface area contributed by atoms with Gasteiger partial charge < -0.3 is 15.8 Å². The van der Waals surface area contributed by atoms with Gasteiger partial charge in [0.25, 0.3) is 0 Å². The molecule has 0 saturated carbocycles. The van der Waals surface area contributed by atoms with Crippen molar-refractivity contribution in [2.45, 2.75) is 33.6 Å². The van der Waals surface area contributed by atoms with Crippen LogP contribution in [0.3, 0.4) is 0 Å². The van der Waals surface area contributed by atoms with Crippen molar-refractivity contribution >= 4 is 11.9 Å². The molecular formula is C12H24N2O3. The van der Waals surface area contributed by atoms with Crippen molar-refractivity contribution in [1.29, 1.82) is 0 Å². The molecule has 5 nitrogen and oxygen atoms in total. The van der Waals surface area contributed by atoms with Crippen molar-refractivity contribution < 1.29 is 14.3 Å². The van der Waals surface area contributed by atoms with Crippen molar-refractivity contribution in [3.8, 4) is 0 Å². The van der Waals surface area contributed by atoms with Gasteiger partial charge >= 0.3 is 5.97 Å². The van der Waals surface area contributed by atoms with Crippen LogP contribution < -0.4 is 11.1 Å². The molecule has 1 amide bonds. The molecule has 100 valence electrons. The zero-order valence-electron chi connectivity index (χ0n) is 11.0. The lowest BCUT2D eigenvalue weighted by Crippen LogP contribution is -2.38. The molecule has 0 saturated heterocycles. The van der Waals surface area contributed by atoms with Gasteiger partial charge in [0.05, 0.1) is 12.5 Å². The van der Waals surface area contributed by atoms with Crippen LogP contribution in [0.1, 0.15) is 33.6 Å². The van der Waals surface area contributed by atoms with Crippen LogP contribution in [0.2, 0.25) is 0 Å². The van der Waals surface area contributed by atoms with Gasteiger partial charge in [0, 0.05) is 19.5 Å². The molecule has 0 aromatic rings. The van der Waals surface area contributed by atoms with E-state index in [-0.39, 0.29) is 23.7 Å². The van der Waals surface area contributed by atoms with Crippen LogP contribution in [0.4, 0.5) is 0 Å². The average molecular weight is 244 g/mol. The van der Waals surface area contributed by atoms with Crippen LogP contribution >= 0.6 is 0 Å². The molecule has 1 unspecified atom stereocenters. The Balaban J connectivity index is 3.74. The molecule has 0 aliphatic carbocycles. The summed E-state index contributed by atoms with van der Waals surface area (Å²) in [7, 11) is 0. The summed E-state index contributed by atoms with van der Waals surface area (Å²) < 4.78 is 4.78. The maximum absolute atomic E-state index is 11.7. The number of amides is 1. The van der Waals surface area contributed by atoms with E-state index in [2.05, 4.69) is 5.32 Å². The molecule has 0 bridgehead atoms. The fraction of sp³-hybridized carbons (Fsp3) is 0.833. The van der Waals surface area contributed by atoms with E-state index in [4.69, 9.17) is 10.5 Å². The van der Waals surface area contributed by atoms with E-state index in [9.17, 15) is 9.59 Å². The second kappa shape index (κ2) is 8.98. The van der Waals surface area contributed by atoms with E-state index in [1.165, 1.54) is 0 Å². The highest BCUT2D eigenvalue weighted by Gasteiger charge is 2.19. The Bertz CT molecular complexity index is 242. The first-order chi connectivity index (χ1) is 8.02. The highest BCUT2D eigenvalue weighted by atomic mass is 16.5. The second-order valence-electron chi connectivity index (χ2n) is 4.29. The Morgan fingerprint density at radius 2 is 2.00 bits per heavy atom. The van der Waals surface area contributed by atoms with Gasteiger partial charge in [0.15, 0.2) is 0 Å². The molecule has 5 heteroatoms. The third-order valence-electron chi connectivity index (χ3n) is 2.56. The average Bonchev–Trinajstić information content (AvgIpc) is 2.25. The van der Waals surface area contributed by atoms with E-state index < -0.39 is 0 Å². The quantitative estimate of drug-likeness (QED) is 0.486. The van der Waals surface area contributed by atoms with Gasteiger partial charge in [0.1, 0.15) is 0 Å². The SMILES string of the molecule is CCOC(=O)CCCNC(=O)C(CN)C(C)C. The summed E-state index contributed by atoms with van der Waals surface area (Å²) in [5.74, 6) is -0.185. The summed E-state index contributed by atoms with van der Waals surface area (Å²) in [6, 6.07) is 0. The number of hydrogen-bond donors (Lipinski definition) is 2. The van der Waals surface area contributed by atoms with Crippen molar-refractivity contribution in [1.82, 2.24) is 5.32 Å². The van der Waals surface area contributed by atoms with Crippen LogP contribution in [0.25, 0.3) is 0 Å². The molecule has 0 heterocycles. The first kappa shape index (κ1) is 15.9. The first-order valence-corrected chi connectivity index (χ1v) is 6.16. The molecule has 3 N–H and O–H groups in total. The third kappa shape index (κ3) is 6.94. The van der Waals surface area contributed by atoms with Crippen molar-refractivity contribution in [2.24, 2.45) is 17.6 Å². The maximum atomic E-state index is 11.7. The van der Waals surface area contributed by atoms with Gasteiger partial charge in [-0.3, -0.25) is 9.59 Å². The minimum absolute atomic E-state index is 0.0358. The molecule has 0 aliphatic rings. The highest BCUT2D eigenvalue weighted by Crippen LogP contribution is 2.08. The minimum Gasteiger partial charge on any atom is -0.466 e. The molecule has 0 aromatic heterocycles. The zero-order valence-corrected chi connectivity index (χ0v) is 11.0. The highest BCUT2D eigenvalue weighted by molar-refractivity contribution is 5.79. The van der Waals surface area contributed by atoms with Gasteiger partial charge in [-0.1, -0.05) is 13.8 Å². The van der Waals surface area contributed by atoms with Crippen molar-refractivity contribution in [2.75, 3.05) is 19.7 Å². The van der Waals surface area contributed by atoms with E-state index in [0.717, 1.165) is 0 Å². The van der Waals surface area contributed by atoms with Crippen LogP contribution in [0.5, 0.6) is 0 Å². The number of nitrogens with two attached hydrogens (primary N) is 1. The molecule has 17 heavy (non-hydrogen) atoms. The summed E-state index contributed by atoms with van der Waals surface area (Å²) >= 11 is 0. The van der Waals surface area contributed by atoms with Crippen LogP contribution in [0.15, 0.2) is 0 Å². The summed E-state index contributed by atoms with van der Waals surface area (Å²) in [6.45, 7) is 6.94. The lowest BCUT2D eigenvalue weighted by atomic mass is 9.95. The fourth-order valence-corrected chi connectivity index (χ4v) is 1.49. The number of ether oxygens (including phenoxy) is 1. The Labute approximate surface area is 103 Å². The molecule has 0 aliphatic heterocycles. The molecular weight excluding hydrogens is 220 g/mol. The second-order valence-corrected chi connectivity index (χ2v) is 4.29. The number of rotatable bonds is 8. The van der Waals surface area contributed by atoms with E-state index in [0.29, 0.717) is 32.5 Å². The summed E-state index contributed by atoms with van der Waals surface area (Å²) in [5, 5.41) is 2.79. The molecule has 0 rings (SSSR count). The van der Waals surface area contributed by atoms with E-state index in [1.54, 1.807) is 6.92 Å². The smallest absolute Gasteiger partial charge is 0.305 e. The van der Waals surface area contributed by atoms with Crippen molar-refractivity contribution in [3.05, 3.63) is 0 Å². The van der Waals surface area contributed by atoms with Crippen LogP contribution in [0, 0.1) is 11.8 Å². The monoisotopic (exact) mass is 244 g/mol. The first-order valence-electron chi connectivity index (χ1n) is 6.16. The maximum Gasteiger partial charge on any atom is 0.305 e. The standard InChI is InChI=1S/C12H24N2O3/c1-4-17-11(15)6-5-7-14-12(16)10(8-13)9(2)3/h9-10H,4-8,13H2,1-3H3,(H,14,16). The van der Waals surface area contributed by atoms with E-state index in [1.807, 2.05) is 13.8 Å². The third-order valence-corrected chi connectivity index (χ3v) is 2.56. The summed E-state index contributed by atoms with van der Waals surface area (Å²) in [4.78, 5) is 22.7. The molecule has 1 atom stereocenters. The normalized spacial score (nSPS) is 12.3. The van der Waals surface area contributed by atoms with Crippen LogP contribution in [-0.2, 0) is 14.3 Å². The Morgan fingerprint density at radius 3 is 2.47 bits per heavy atom. The van der Waals surface area contributed by atoms with Crippen LogP contribution in [-0.4, -0.2) is 31.6 Å². The number of nitrogens with one attached hydrogen (secondary N) is 1. The molecule has 0 aromatic carbocycles. The number of hydrogen-bond acceptors (Lipinski definition) is 4. The Morgan fingerprint density at radius 1 is 1.35 bits per heavy atom. The van der Waals surface area contributed by atoms with Gasteiger partial charge in [0.2, 0.25) is 5.91 Å². The summed E-state index contributed by atoms with van der Waals surface area (Å²) in [5.41, 5.74) is 5.53. The molecule has 0 spiro atoms. The molecule has 0 radical (unpaired) electrons. The predicted octanol–water partition coefficient (Wildman–Crippen LogP) is 0.677. The lowest BCUT2D eigenvalue weighted by Gasteiger charge is -2.18. The summed E-state index contributed by atoms with van der Waals surface area (Å²) in [6.07, 6.45) is 0.934. The van der Waals surface area contributed by atoms with Gasteiger partial charge in [-0.05, 0) is 19.3 Å². The fourth-order valence-electron chi connectivity index (χ4n) is 1.49. The van der Waals surface area contributed by atoms with Gasteiger partial charge in [-0.2, -0.15) is 0 Å². The number of carbonyl (C=O) groups is 2. The number of carbonyl (C=O) groups excluding carboxylic acids is 2. The molecule has 0 fully saturated rings. The van der Waals surface area contributed by atoms with Gasteiger partial charge in [-0.25, -0.2) is 0 Å².